The van der Waals surface area contributed by atoms with Crippen molar-refractivity contribution in [2.75, 3.05) is 32.6 Å². The van der Waals surface area contributed by atoms with E-state index in [1.165, 1.54) is 20.3 Å². The number of ether oxygens (including phenoxy) is 2. The first-order valence-corrected chi connectivity index (χ1v) is 4.79. The molecule has 1 aromatic rings. The third-order valence-electron chi connectivity index (χ3n) is 1.90. The zero-order valence-electron chi connectivity index (χ0n) is 9.54. The second-order valence-corrected chi connectivity index (χ2v) is 3.19. The third kappa shape index (κ3) is 3.99. The molecule has 1 heterocycles. The van der Waals surface area contributed by atoms with E-state index in [4.69, 9.17) is 15.2 Å². The van der Waals surface area contributed by atoms with E-state index in [-0.39, 0.29) is 17.7 Å². The zero-order chi connectivity index (χ0) is 12.9. The van der Waals surface area contributed by atoms with Gasteiger partial charge in [0.25, 0.3) is 5.92 Å². The van der Waals surface area contributed by atoms with Crippen molar-refractivity contribution in [3.8, 4) is 11.8 Å². The van der Waals surface area contributed by atoms with Crippen LogP contribution in [0.25, 0.3) is 0 Å². The van der Waals surface area contributed by atoms with E-state index in [0.29, 0.717) is 0 Å². The Bertz CT molecular complexity index is 354. The first kappa shape index (κ1) is 13.4. The van der Waals surface area contributed by atoms with E-state index in [1.807, 2.05) is 0 Å². The van der Waals surface area contributed by atoms with Gasteiger partial charge in [0.05, 0.1) is 33.4 Å². The molecule has 8 heteroatoms. The van der Waals surface area contributed by atoms with Crippen LogP contribution in [0.5, 0.6) is 11.8 Å². The molecule has 0 aliphatic heterocycles. The number of hydrogen-bond acceptors (Lipinski definition) is 6. The first-order chi connectivity index (χ1) is 8.00. The highest BCUT2D eigenvalue weighted by molar-refractivity contribution is 5.33. The second kappa shape index (κ2) is 5.58. The number of anilines is 1. The van der Waals surface area contributed by atoms with Crippen LogP contribution < -0.4 is 20.5 Å². The van der Waals surface area contributed by atoms with Crippen molar-refractivity contribution in [1.82, 2.24) is 9.97 Å². The SMILES string of the molecule is COc1cc(OC)nc(NCC(F)(F)CN)n1. The summed E-state index contributed by atoms with van der Waals surface area (Å²) in [7, 11) is 2.81. The Balaban J connectivity index is 2.76. The minimum absolute atomic E-state index is 0.00525. The van der Waals surface area contributed by atoms with Crippen LogP contribution in [0.15, 0.2) is 6.07 Å². The number of aromatic nitrogens is 2. The molecule has 6 nitrogen and oxygen atoms in total. The van der Waals surface area contributed by atoms with Gasteiger partial charge in [0, 0.05) is 0 Å². The van der Waals surface area contributed by atoms with Crippen molar-refractivity contribution in [1.29, 1.82) is 0 Å². The molecular formula is C9H14F2N4O2. The molecular weight excluding hydrogens is 234 g/mol. The lowest BCUT2D eigenvalue weighted by Gasteiger charge is -2.14. The van der Waals surface area contributed by atoms with Gasteiger partial charge in [-0.25, -0.2) is 8.78 Å². The lowest BCUT2D eigenvalue weighted by molar-refractivity contribution is 0.0252. The highest BCUT2D eigenvalue weighted by Crippen LogP contribution is 2.18. The molecule has 3 N–H and O–H groups in total. The van der Waals surface area contributed by atoms with E-state index in [2.05, 4.69) is 15.3 Å². The Morgan fingerprint density at radius 1 is 1.29 bits per heavy atom. The van der Waals surface area contributed by atoms with Crippen molar-refractivity contribution < 1.29 is 18.3 Å². The molecule has 0 aliphatic carbocycles. The molecule has 0 aromatic carbocycles. The maximum absolute atomic E-state index is 12.9. The quantitative estimate of drug-likeness (QED) is 0.762. The highest BCUT2D eigenvalue weighted by atomic mass is 19.3. The van der Waals surface area contributed by atoms with Gasteiger partial charge in [-0.1, -0.05) is 0 Å². The standard InChI is InChI=1S/C9H14F2N4O2/c1-16-6-3-7(17-2)15-8(14-6)13-5-9(10,11)4-12/h3H,4-5,12H2,1-2H3,(H,13,14,15). The van der Waals surface area contributed by atoms with Gasteiger partial charge in [-0.15, -0.1) is 0 Å². The number of hydrogen-bond donors (Lipinski definition) is 2. The topological polar surface area (TPSA) is 82.3 Å². The molecule has 0 radical (unpaired) electrons. The predicted molar refractivity (Wildman–Crippen MR) is 57.6 cm³/mol. The summed E-state index contributed by atoms with van der Waals surface area (Å²) in [6.07, 6.45) is 0. The van der Waals surface area contributed by atoms with Crippen LogP contribution >= 0.6 is 0 Å². The fourth-order valence-electron chi connectivity index (χ4n) is 0.973. The number of halogens is 2. The highest BCUT2D eigenvalue weighted by Gasteiger charge is 2.26. The molecule has 0 atom stereocenters. The van der Waals surface area contributed by atoms with E-state index in [0.717, 1.165) is 0 Å². The minimum atomic E-state index is -3.01. The summed E-state index contributed by atoms with van der Waals surface area (Å²) in [6, 6.07) is 1.44. The predicted octanol–water partition coefficient (Wildman–Crippen LogP) is 0.500. The number of alkyl halides is 2. The summed E-state index contributed by atoms with van der Waals surface area (Å²) in [5.41, 5.74) is 4.90. The van der Waals surface area contributed by atoms with Gasteiger partial charge >= 0.3 is 0 Å². The Morgan fingerprint density at radius 3 is 2.24 bits per heavy atom. The molecule has 0 aliphatic rings. The number of methoxy groups -OCH3 is 2. The maximum Gasteiger partial charge on any atom is 0.277 e. The van der Waals surface area contributed by atoms with Crippen LogP contribution in [-0.2, 0) is 0 Å². The number of nitrogens with one attached hydrogen (secondary N) is 1. The van der Waals surface area contributed by atoms with Gasteiger partial charge in [0.1, 0.15) is 0 Å². The van der Waals surface area contributed by atoms with Crippen molar-refractivity contribution in [2.24, 2.45) is 5.73 Å². The van der Waals surface area contributed by atoms with Gasteiger partial charge in [0.2, 0.25) is 17.7 Å². The van der Waals surface area contributed by atoms with Gasteiger partial charge in [-0.2, -0.15) is 9.97 Å². The molecule has 1 aromatic heterocycles. The van der Waals surface area contributed by atoms with Crippen molar-refractivity contribution in [3.63, 3.8) is 0 Å². The van der Waals surface area contributed by atoms with Gasteiger partial charge in [-0.3, -0.25) is 0 Å². The smallest absolute Gasteiger partial charge is 0.277 e. The third-order valence-corrected chi connectivity index (χ3v) is 1.90. The Labute approximate surface area is 97.1 Å². The molecule has 1 rings (SSSR count). The Morgan fingerprint density at radius 2 is 1.82 bits per heavy atom. The van der Waals surface area contributed by atoms with Crippen LogP contribution in [0, 0.1) is 0 Å². The first-order valence-electron chi connectivity index (χ1n) is 4.79. The molecule has 0 spiro atoms. The van der Waals surface area contributed by atoms with Crippen LogP contribution in [0.3, 0.4) is 0 Å². The molecule has 0 saturated carbocycles. The molecule has 0 saturated heterocycles. The summed E-state index contributed by atoms with van der Waals surface area (Å²) in [5, 5.41) is 2.37. The van der Waals surface area contributed by atoms with Gasteiger partial charge in [0.15, 0.2) is 0 Å². The largest absolute Gasteiger partial charge is 0.481 e. The van der Waals surface area contributed by atoms with Gasteiger partial charge < -0.3 is 20.5 Å². The summed E-state index contributed by atoms with van der Waals surface area (Å²) in [5.74, 6) is -2.58. The summed E-state index contributed by atoms with van der Waals surface area (Å²) in [6.45, 7) is -1.40. The Kier molecular flexibility index (Phi) is 4.38. The summed E-state index contributed by atoms with van der Waals surface area (Å²) < 4.78 is 35.5. The lowest BCUT2D eigenvalue weighted by Crippen LogP contribution is -2.35. The normalized spacial score (nSPS) is 11.1. The second-order valence-electron chi connectivity index (χ2n) is 3.19. The molecule has 0 unspecified atom stereocenters. The van der Waals surface area contributed by atoms with Crippen molar-refractivity contribution >= 4 is 5.95 Å². The van der Waals surface area contributed by atoms with Crippen LogP contribution in [0.1, 0.15) is 0 Å². The van der Waals surface area contributed by atoms with Gasteiger partial charge in [-0.05, 0) is 0 Å². The van der Waals surface area contributed by atoms with Crippen LogP contribution in [0.4, 0.5) is 14.7 Å². The average molecular weight is 248 g/mol. The number of nitrogens with two attached hydrogens (primary N) is 1. The van der Waals surface area contributed by atoms with Crippen molar-refractivity contribution in [3.05, 3.63) is 6.07 Å². The molecule has 96 valence electrons. The summed E-state index contributed by atoms with van der Waals surface area (Å²) >= 11 is 0. The van der Waals surface area contributed by atoms with E-state index in [9.17, 15) is 8.78 Å². The van der Waals surface area contributed by atoms with Crippen molar-refractivity contribution in [2.45, 2.75) is 5.92 Å². The van der Waals surface area contributed by atoms with E-state index >= 15 is 0 Å². The molecule has 0 fully saturated rings. The van der Waals surface area contributed by atoms with E-state index in [1.54, 1.807) is 0 Å². The Hall–Kier alpha value is -1.70. The monoisotopic (exact) mass is 248 g/mol. The molecule has 0 bridgehead atoms. The van der Waals surface area contributed by atoms with Crippen LogP contribution in [0.2, 0.25) is 0 Å². The fraction of sp³-hybridized carbons (Fsp3) is 0.556. The number of rotatable bonds is 6. The van der Waals surface area contributed by atoms with Crippen LogP contribution in [-0.4, -0.2) is 43.2 Å². The molecule has 17 heavy (non-hydrogen) atoms. The van der Waals surface area contributed by atoms with E-state index < -0.39 is 19.0 Å². The zero-order valence-corrected chi connectivity index (χ0v) is 9.54. The summed E-state index contributed by atoms with van der Waals surface area (Å²) in [4.78, 5) is 7.68. The molecule has 0 amide bonds. The lowest BCUT2D eigenvalue weighted by atomic mass is 10.3. The minimum Gasteiger partial charge on any atom is -0.481 e. The fourth-order valence-corrected chi connectivity index (χ4v) is 0.973. The average Bonchev–Trinajstić information content (AvgIpc) is 2.36. The number of nitrogens with zero attached hydrogens (tertiary/aromatic N) is 2. The maximum atomic E-state index is 12.9.